The molecule has 0 bridgehead atoms. The van der Waals surface area contributed by atoms with Crippen LogP contribution in [-0.2, 0) is 4.79 Å². The van der Waals surface area contributed by atoms with Gasteiger partial charge in [0, 0.05) is 5.71 Å². The van der Waals surface area contributed by atoms with Gasteiger partial charge in [-0.2, -0.15) is 10.1 Å². The van der Waals surface area contributed by atoms with Crippen LogP contribution in [0.5, 0.6) is 0 Å². The van der Waals surface area contributed by atoms with E-state index in [1.807, 2.05) is 13.8 Å². The maximum Gasteiger partial charge on any atom is 0.257 e. The van der Waals surface area contributed by atoms with Gasteiger partial charge in [-0.1, -0.05) is 0 Å². The van der Waals surface area contributed by atoms with Crippen molar-refractivity contribution in [3.05, 3.63) is 18.3 Å². The Bertz CT molecular complexity index is 424. The monoisotopic (exact) mass is 204 g/mol. The third kappa shape index (κ3) is 1.56. The summed E-state index contributed by atoms with van der Waals surface area (Å²) in [4.78, 5) is 15.8. The molecule has 1 aliphatic heterocycles. The first-order chi connectivity index (χ1) is 7.09. The number of hydrogen-bond acceptors (Lipinski definition) is 4. The normalized spacial score (nSPS) is 20.7. The number of hydrazone groups is 1. The molecular weight excluding hydrogens is 192 g/mol. The van der Waals surface area contributed by atoms with Crippen molar-refractivity contribution >= 4 is 23.1 Å². The number of carbonyl (C=O) groups is 1. The van der Waals surface area contributed by atoms with Crippen molar-refractivity contribution in [3.63, 3.8) is 0 Å². The van der Waals surface area contributed by atoms with Gasteiger partial charge in [0.25, 0.3) is 5.91 Å². The van der Waals surface area contributed by atoms with E-state index < -0.39 is 0 Å². The lowest BCUT2D eigenvalue weighted by atomic mass is 10.1. The van der Waals surface area contributed by atoms with Crippen molar-refractivity contribution in [1.82, 2.24) is 4.98 Å². The molecule has 0 aliphatic carbocycles. The van der Waals surface area contributed by atoms with Crippen LogP contribution in [0.1, 0.15) is 13.8 Å². The second-order valence-corrected chi connectivity index (χ2v) is 3.56. The zero-order chi connectivity index (χ0) is 11.0. The summed E-state index contributed by atoms with van der Waals surface area (Å²) in [7, 11) is 0. The summed E-state index contributed by atoms with van der Waals surface area (Å²) < 4.78 is 0. The molecule has 78 valence electrons. The number of carbonyl (C=O) groups excluding carboxylic acids is 1. The molecule has 5 nitrogen and oxygen atoms in total. The predicted molar refractivity (Wildman–Crippen MR) is 58.4 cm³/mol. The summed E-state index contributed by atoms with van der Waals surface area (Å²) >= 11 is 0. The molecule has 15 heavy (non-hydrogen) atoms. The molecule has 0 saturated heterocycles. The molecule has 1 amide bonds. The number of nitrogens with two attached hydrogens (primary N) is 1. The fourth-order valence-corrected chi connectivity index (χ4v) is 1.34. The molecule has 2 N–H and O–H groups in total. The van der Waals surface area contributed by atoms with E-state index in [0.29, 0.717) is 11.5 Å². The molecule has 0 unspecified atom stereocenters. The Morgan fingerprint density at radius 2 is 2.20 bits per heavy atom. The lowest BCUT2D eigenvalue weighted by Gasteiger charge is -2.11. The average Bonchev–Trinajstić information content (AvgIpc) is 2.47. The number of pyridine rings is 1. The van der Waals surface area contributed by atoms with Crippen LogP contribution < -0.4 is 10.7 Å². The van der Waals surface area contributed by atoms with Gasteiger partial charge in [0.05, 0.1) is 17.8 Å². The van der Waals surface area contributed by atoms with Gasteiger partial charge in [-0.05, 0) is 26.0 Å². The SMILES string of the molecule is CC1=NN(c2ccc(N)cn2)C(=O)[C@H]1C. The Morgan fingerprint density at radius 3 is 2.67 bits per heavy atom. The lowest BCUT2D eigenvalue weighted by Crippen LogP contribution is -2.25. The first kappa shape index (κ1) is 9.64. The average molecular weight is 204 g/mol. The van der Waals surface area contributed by atoms with Gasteiger partial charge in [0.1, 0.15) is 0 Å². The molecule has 1 atom stereocenters. The fraction of sp³-hybridized carbons (Fsp3) is 0.300. The Balaban J connectivity index is 2.33. The highest BCUT2D eigenvalue weighted by atomic mass is 16.2. The van der Waals surface area contributed by atoms with Crippen molar-refractivity contribution in [2.75, 3.05) is 10.7 Å². The molecule has 1 aromatic heterocycles. The minimum Gasteiger partial charge on any atom is -0.397 e. The molecule has 0 spiro atoms. The maximum atomic E-state index is 11.7. The smallest absolute Gasteiger partial charge is 0.257 e. The van der Waals surface area contributed by atoms with Crippen molar-refractivity contribution in [2.24, 2.45) is 11.0 Å². The van der Waals surface area contributed by atoms with E-state index in [2.05, 4.69) is 10.1 Å². The molecule has 2 heterocycles. The van der Waals surface area contributed by atoms with Crippen LogP contribution in [0.3, 0.4) is 0 Å². The van der Waals surface area contributed by atoms with Gasteiger partial charge < -0.3 is 5.73 Å². The molecular formula is C10H12N4O. The fourth-order valence-electron chi connectivity index (χ4n) is 1.34. The quantitative estimate of drug-likeness (QED) is 0.742. The largest absolute Gasteiger partial charge is 0.397 e. The summed E-state index contributed by atoms with van der Waals surface area (Å²) in [5.74, 6) is 0.298. The highest BCUT2D eigenvalue weighted by Crippen LogP contribution is 2.21. The van der Waals surface area contributed by atoms with E-state index in [9.17, 15) is 4.79 Å². The highest BCUT2D eigenvalue weighted by molar-refractivity contribution is 6.14. The number of aromatic nitrogens is 1. The Hall–Kier alpha value is -1.91. The van der Waals surface area contributed by atoms with Gasteiger partial charge >= 0.3 is 0 Å². The van der Waals surface area contributed by atoms with Crippen molar-refractivity contribution in [2.45, 2.75) is 13.8 Å². The maximum absolute atomic E-state index is 11.7. The standard InChI is InChI=1S/C10H12N4O/c1-6-7(2)13-14(10(6)15)9-4-3-8(11)5-12-9/h3-6H,11H2,1-2H3/t6-/m0/s1. The van der Waals surface area contributed by atoms with Gasteiger partial charge in [0.2, 0.25) is 0 Å². The van der Waals surface area contributed by atoms with Crippen LogP contribution in [0, 0.1) is 5.92 Å². The van der Waals surface area contributed by atoms with E-state index in [4.69, 9.17) is 5.73 Å². The molecule has 2 rings (SSSR count). The summed E-state index contributed by atoms with van der Waals surface area (Å²) in [5, 5.41) is 5.47. The number of nitrogens with zero attached hydrogens (tertiary/aromatic N) is 3. The minimum absolute atomic E-state index is 0.0511. The van der Waals surface area contributed by atoms with E-state index in [-0.39, 0.29) is 11.8 Å². The molecule has 0 aromatic carbocycles. The second kappa shape index (κ2) is 3.34. The molecule has 0 saturated carbocycles. The van der Waals surface area contributed by atoms with Crippen LogP contribution >= 0.6 is 0 Å². The van der Waals surface area contributed by atoms with Crippen molar-refractivity contribution in [1.29, 1.82) is 0 Å². The molecule has 1 aliphatic rings. The number of amides is 1. The number of nitrogen functional groups attached to an aromatic ring is 1. The third-order valence-electron chi connectivity index (χ3n) is 2.45. The van der Waals surface area contributed by atoms with E-state index >= 15 is 0 Å². The van der Waals surface area contributed by atoms with Crippen LogP contribution in [0.25, 0.3) is 0 Å². The van der Waals surface area contributed by atoms with Gasteiger partial charge in [-0.25, -0.2) is 4.98 Å². The minimum atomic E-state index is -0.163. The topological polar surface area (TPSA) is 71.6 Å². The van der Waals surface area contributed by atoms with E-state index in [1.165, 1.54) is 11.2 Å². The van der Waals surface area contributed by atoms with Crippen molar-refractivity contribution in [3.8, 4) is 0 Å². The first-order valence-corrected chi connectivity index (χ1v) is 4.70. The molecule has 1 aromatic rings. The number of hydrogen-bond donors (Lipinski definition) is 1. The summed E-state index contributed by atoms with van der Waals surface area (Å²) in [6.07, 6.45) is 1.51. The van der Waals surface area contributed by atoms with Crippen LogP contribution in [0.15, 0.2) is 23.4 Å². The summed E-state index contributed by atoms with van der Waals surface area (Å²) in [5.41, 5.74) is 6.89. The Kier molecular flexibility index (Phi) is 2.15. The molecule has 0 radical (unpaired) electrons. The van der Waals surface area contributed by atoms with Crippen molar-refractivity contribution < 1.29 is 4.79 Å². The summed E-state index contributed by atoms with van der Waals surface area (Å²) in [6, 6.07) is 3.38. The molecule has 0 fully saturated rings. The lowest BCUT2D eigenvalue weighted by molar-refractivity contribution is -0.119. The first-order valence-electron chi connectivity index (χ1n) is 4.70. The zero-order valence-electron chi connectivity index (χ0n) is 8.64. The van der Waals surface area contributed by atoms with E-state index in [1.54, 1.807) is 12.1 Å². The second-order valence-electron chi connectivity index (χ2n) is 3.56. The summed E-state index contributed by atoms with van der Waals surface area (Å²) in [6.45, 7) is 3.67. The molecule has 5 heteroatoms. The van der Waals surface area contributed by atoms with Gasteiger partial charge in [-0.3, -0.25) is 4.79 Å². The Morgan fingerprint density at radius 1 is 1.47 bits per heavy atom. The Labute approximate surface area is 87.6 Å². The van der Waals surface area contributed by atoms with Crippen LogP contribution in [0.2, 0.25) is 0 Å². The van der Waals surface area contributed by atoms with Crippen LogP contribution in [0.4, 0.5) is 11.5 Å². The zero-order valence-corrected chi connectivity index (χ0v) is 8.64. The van der Waals surface area contributed by atoms with Gasteiger partial charge in [-0.15, -0.1) is 0 Å². The third-order valence-corrected chi connectivity index (χ3v) is 2.45. The number of anilines is 2. The van der Waals surface area contributed by atoms with E-state index in [0.717, 1.165) is 5.71 Å². The highest BCUT2D eigenvalue weighted by Gasteiger charge is 2.31. The van der Waals surface area contributed by atoms with Crippen LogP contribution in [-0.4, -0.2) is 16.6 Å². The number of rotatable bonds is 1. The predicted octanol–water partition coefficient (Wildman–Crippen LogP) is 1.02. The van der Waals surface area contributed by atoms with Gasteiger partial charge in [0.15, 0.2) is 5.82 Å².